The highest BCUT2D eigenvalue weighted by molar-refractivity contribution is 7.81. The van der Waals surface area contributed by atoms with Gasteiger partial charge in [-0.15, -0.1) is 0 Å². The van der Waals surface area contributed by atoms with Crippen molar-refractivity contribution < 1.29 is 4.79 Å². The predicted molar refractivity (Wildman–Crippen MR) is 76.1 cm³/mol. The largest absolute Gasteiger partial charge is 0.268 e. The zero-order valence-electron chi connectivity index (χ0n) is 9.88. The van der Waals surface area contributed by atoms with Crippen LogP contribution in [-0.4, -0.2) is 10.9 Å². The Labute approximate surface area is 111 Å². The van der Waals surface area contributed by atoms with E-state index in [9.17, 15) is 4.79 Å². The van der Waals surface area contributed by atoms with Gasteiger partial charge in [0.1, 0.15) is 4.99 Å². The summed E-state index contributed by atoms with van der Waals surface area (Å²) in [5.74, 6) is -0.0371. The van der Waals surface area contributed by atoms with Crippen LogP contribution in [0.4, 0.5) is 5.69 Å². The summed E-state index contributed by atoms with van der Waals surface area (Å²) in [6.45, 7) is 1.98. The molecule has 18 heavy (non-hydrogen) atoms. The van der Waals surface area contributed by atoms with Crippen molar-refractivity contribution in [3.63, 3.8) is 0 Å². The first-order valence-corrected chi connectivity index (χ1v) is 6.14. The van der Waals surface area contributed by atoms with E-state index >= 15 is 0 Å². The number of hydrogen-bond donors (Lipinski definition) is 0. The minimum Gasteiger partial charge on any atom is -0.268 e. The number of fused-ring (bicyclic) bond motifs is 1. The molecule has 0 spiro atoms. The molecule has 2 nitrogen and oxygen atoms in total. The van der Waals surface area contributed by atoms with E-state index in [2.05, 4.69) is 0 Å². The Morgan fingerprint density at radius 1 is 0.944 bits per heavy atom. The highest BCUT2D eigenvalue weighted by Crippen LogP contribution is 2.30. The maximum absolute atomic E-state index is 12.4. The third-order valence-electron chi connectivity index (χ3n) is 3.15. The van der Waals surface area contributed by atoms with Crippen molar-refractivity contribution in [1.82, 2.24) is 0 Å². The summed E-state index contributed by atoms with van der Waals surface area (Å²) in [5, 5.41) is 0. The van der Waals surface area contributed by atoms with Crippen molar-refractivity contribution in [3.8, 4) is 0 Å². The van der Waals surface area contributed by atoms with E-state index in [0.29, 0.717) is 10.6 Å². The molecule has 0 bridgehead atoms. The number of carbonyl (C=O) groups excluding carboxylic acids is 1. The van der Waals surface area contributed by atoms with Crippen LogP contribution >= 0.6 is 12.2 Å². The molecule has 0 N–H and O–H groups in total. The Bertz CT molecular complexity index is 628. The van der Waals surface area contributed by atoms with Crippen molar-refractivity contribution >= 4 is 28.8 Å². The van der Waals surface area contributed by atoms with E-state index < -0.39 is 0 Å². The second-order valence-electron chi connectivity index (χ2n) is 4.28. The fourth-order valence-electron chi connectivity index (χ4n) is 2.22. The van der Waals surface area contributed by atoms with Gasteiger partial charge in [-0.1, -0.05) is 48.6 Å². The van der Waals surface area contributed by atoms with Crippen LogP contribution in [0, 0.1) is 6.92 Å². The van der Waals surface area contributed by atoms with Crippen LogP contribution in [0.2, 0.25) is 0 Å². The van der Waals surface area contributed by atoms with Crippen LogP contribution in [0.1, 0.15) is 21.5 Å². The number of rotatable bonds is 1. The van der Waals surface area contributed by atoms with Gasteiger partial charge in [0.15, 0.2) is 0 Å². The predicted octanol–water partition coefficient (Wildman–Crippen LogP) is 3.33. The lowest BCUT2D eigenvalue weighted by Gasteiger charge is -2.18. The molecule has 0 aromatic heterocycles. The Morgan fingerprint density at radius 3 is 2.22 bits per heavy atom. The molecule has 0 saturated heterocycles. The van der Waals surface area contributed by atoms with Crippen LogP contribution in [0.5, 0.6) is 0 Å². The highest BCUT2D eigenvalue weighted by atomic mass is 32.1. The van der Waals surface area contributed by atoms with E-state index in [1.807, 2.05) is 55.5 Å². The Hall–Kier alpha value is -2.00. The molecular weight excluding hydrogens is 242 g/mol. The number of hydrogen-bond acceptors (Lipinski definition) is 2. The topological polar surface area (TPSA) is 20.3 Å². The van der Waals surface area contributed by atoms with Gasteiger partial charge in [-0.3, -0.25) is 9.69 Å². The fourth-order valence-corrected chi connectivity index (χ4v) is 2.58. The summed E-state index contributed by atoms with van der Waals surface area (Å²) >= 11 is 5.42. The van der Waals surface area contributed by atoms with Gasteiger partial charge in [0.05, 0.1) is 11.3 Å². The Balaban J connectivity index is 2.16. The lowest BCUT2D eigenvalue weighted by atomic mass is 10.1. The van der Waals surface area contributed by atoms with Crippen molar-refractivity contribution in [2.75, 3.05) is 4.90 Å². The molecular formula is C15H11NOS. The molecule has 0 unspecified atom stereocenters. The van der Waals surface area contributed by atoms with Gasteiger partial charge in [-0.25, -0.2) is 0 Å². The fraction of sp³-hybridized carbons (Fsp3) is 0.0667. The summed E-state index contributed by atoms with van der Waals surface area (Å²) < 4.78 is 0. The second-order valence-corrected chi connectivity index (χ2v) is 4.66. The molecule has 3 rings (SSSR count). The molecule has 0 fully saturated rings. The van der Waals surface area contributed by atoms with E-state index in [1.165, 1.54) is 0 Å². The van der Waals surface area contributed by atoms with Gasteiger partial charge in [-0.05, 0) is 24.6 Å². The number of benzene rings is 2. The Kier molecular flexibility index (Phi) is 2.49. The quantitative estimate of drug-likeness (QED) is 0.727. The first-order chi connectivity index (χ1) is 8.70. The lowest BCUT2D eigenvalue weighted by Crippen LogP contribution is -2.29. The monoisotopic (exact) mass is 253 g/mol. The molecule has 2 aromatic carbocycles. The number of carbonyl (C=O) groups is 1. The maximum atomic E-state index is 12.4. The van der Waals surface area contributed by atoms with Crippen molar-refractivity contribution in [2.24, 2.45) is 0 Å². The molecule has 1 heterocycles. The third-order valence-corrected chi connectivity index (χ3v) is 3.55. The third kappa shape index (κ3) is 1.48. The van der Waals surface area contributed by atoms with E-state index in [-0.39, 0.29) is 5.91 Å². The first-order valence-electron chi connectivity index (χ1n) is 5.73. The minimum absolute atomic E-state index is 0.0371. The van der Waals surface area contributed by atoms with Crippen LogP contribution < -0.4 is 4.90 Å². The SMILES string of the molecule is Cc1ccccc1N1C(=O)c2ccccc2C1=S. The zero-order chi connectivity index (χ0) is 12.7. The summed E-state index contributed by atoms with van der Waals surface area (Å²) in [6, 6.07) is 15.3. The molecule has 88 valence electrons. The molecule has 1 amide bonds. The summed E-state index contributed by atoms with van der Waals surface area (Å²) in [4.78, 5) is 14.6. The molecule has 0 aliphatic carbocycles. The standard InChI is InChI=1S/C15H11NOS/c1-10-6-2-5-9-13(10)16-14(17)11-7-3-4-8-12(11)15(16)18/h2-9H,1H3. The molecule has 3 heteroatoms. The van der Waals surface area contributed by atoms with Gasteiger partial charge in [0.25, 0.3) is 5.91 Å². The smallest absolute Gasteiger partial charge is 0.264 e. The van der Waals surface area contributed by atoms with Gasteiger partial charge < -0.3 is 0 Å². The van der Waals surface area contributed by atoms with Crippen LogP contribution in [0.25, 0.3) is 0 Å². The molecule has 1 aliphatic rings. The number of thiocarbonyl (C=S) groups is 1. The average Bonchev–Trinajstić information content (AvgIpc) is 2.64. The normalized spacial score (nSPS) is 13.9. The zero-order valence-corrected chi connectivity index (χ0v) is 10.7. The Morgan fingerprint density at radius 2 is 1.56 bits per heavy atom. The van der Waals surface area contributed by atoms with E-state index in [4.69, 9.17) is 12.2 Å². The lowest BCUT2D eigenvalue weighted by molar-refractivity contribution is 0.101. The number of aryl methyl sites for hydroxylation is 1. The van der Waals surface area contributed by atoms with Gasteiger partial charge in [-0.2, -0.15) is 0 Å². The number of amides is 1. The molecule has 1 aliphatic heterocycles. The van der Waals surface area contributed by atoms with Crippen LogP contribution in [0.3, 0.4) is 0 Å². The molecule has 0 saturated carbocycles. The number of nitrogens with zero attached hydrogens (tertiary/aromatic N) is 1. The minimum atomic E-state index is -0.0371. The average molecular weight is 253 g/mol. The van der Waals surface area contributed by atoms with Gasteiger partial charge in [0, 0.05) is 5.56 Å². The van der Waals surface area contributed by atoms with Crippen molar-refractivity contribution in [3.05, 3.63) is 65.2 Å². The second kappa shape index (κ2) is 4.03. The van der Waals surface area contributed by atoms with Crippen LogP contribution in [0.15, 0.2) is 48.5 Å². The van der Waals surface area contributed by atoms with Gasteiger partial charge in [0.2, 0.25) is 0 Å². The van der Waals surface area contributed by atoms with E-state index in [0.717, 1.165) is 16.8 Å². The van der Waals surface area contributed by atoms with Gasteiger partial charge >= 0.3 is 0 Å². The van der Waals surface area contributed by atoms with Crippen molar-refractivity contribution in [1.29, 1.82) is 0 Å². The summed E-state index contributed by atoms with van der Waals surface area (Å²) in [5.41, 5.74) is 3.44. The molecule has 0 atom stereocenters. The summed E-state index contributed by atoms with van der Waals surface area (Å²) in [6.07, 6.45) is 0. The number of anilines is 1. The first kappa shape index (κ1) is 11.1. The van der Waals surface area contributed by atoms with E-state index in [1.54, 1.807) is 4.90 Å². The molecule has 2 aromatic rings. The summed E-state index contributed by atoms with van der Waals surface area (Å²) in [7, 11) is 0. The van der Waals surface area contributed by atoms with Crippen molar-refractivity contribution in [2.45, 2.75) is 6.92 Å². The van der Waals surface area contributed by atoms with Crippen LogP contribution in [-0.2, 0) is 0 Å². The molecule has 0 radical (unpaired) electrons. The highest BCUT2D eigenvalue weighted by Gasteiger charge is 2.33. The maximum Gasteiger partial charge on any atom is 0.264 e. The number of para-hydroxylation sites is 1.